The van der Waals surface area contributed by atoms with Gasteiger partial charge in [-0.2, -0.15) is 0 Å². The summed E-state index contributed by atoms with van der Waals surface area (Å²) in [6, 6.07) is 18.4. The molecule has 0 radical (unpaired) electrons. The van der Waals surface area contributed by atoms with Gasteiger partial charge < -0.3 is 19.5 Å². The monoisotopic (exact) mass is 520 g/mol. The van der Waals surface area contributed by atoms with Crippen molar-refractivity contribution >= 4 is 40.4 Å². The van der Waals surface area contributed by atoms with E-state index < -0.39 is 17.7 Å². The van der Waals surface area contributed by atoms with Gasteiger partial charge in [0.05, 0.1) is 29.9 Å². The topological polar surface area (TPSA) is 79.3 Å². The molecule has 3 aromatic carbocycles. The zero-order valence-corrected chi connectivity index (χ0v) is 22.0. The second-order valence-corrected chi connectivity index (χ2v) is 9.07. The molecule has 1 saturated heterocycles. The van der Waals surface area contributed by atoms with E-state index in [-0.39, 0.29) is 11.3 Å². The molecule has 1 N–H and O–H groups in total. The summed E-state index contributed by atoms with van der Waals surface area (Å²) in [5, 5.41) is 11.8. The molecule has 37 heavy (non-hydrogen) atoms. The van der Waals surface area contributed by atoms with Crippen molar-refractivity contribution in [2.75, 3.05) is 37.1 Å². The predicted octanol–water partition coefficient (Wildman–Crippen LogP) is 5.83. The highest BCUT2D eigenvalue weighted by molar-refractivity contribution is 6.51. The number of hydrogen-bond acceptors (Lipinski definition) is 6. The number of aliphatic hydroxyl groups is 1. The average molecular weight is 521 g/mol. The molecule has 1 heterocycles. The molecule has 0 bridgehead atoms. The summed E-state index contributed by atoms with van der Waals surface area (Å²) in [5.74, 6) is -0.779. The summed E-state index contributed by atoms with van der Waals surface area (Å²) in [5.41, 5.74) is 2.46. The van der Waals surface area contributed by atoms with Crippen LogP contribution in [-0.2, 0) is 9.59 Å². The van der Waals surface area contributed by atoms with E-state index in [1.54, 1.807) is 42.5 Å². The molecule has 1 amide bonds. The summed E-state index contributed by atoms with van der Waals surface area (Å²) in [6.07, 6.45) is 0. The van der Waals surface area contributed by atoms with Crippen molar-refractivity contribution in [3.63, 3.8) is 0 Å². The lowest BCUT2D eigenvalue weighted by atomic mass is 9.94. The van der Waals surface area contributed by atoms with Crippen LogP contribution in [-0.4, -0.2) is 44.1 Å². The number of carbonyl (C=O) groups is 2. The van der Waals surface area contributed by atoms with Gasteiger partial charge >= 0.3 is 0 Å². The molecule has 0 aliphatic carbocycles. The van der Waals surface area contributed by atoms with Crippen LogP contribution in [0.2, 0.25) is 5.02 Å². The number of hydrogen-bond donors (Lipinski definition) is 1. The third-order valence-electron chi connectivity index (χ3n) is 6.10. The fourth-order valence-electron chi connectivity index (χ4n) is 4.31. The molecular formula is C29H29ClN2O5. The fourth-order valence-corrected chi connectivity index (χ4v) is 4.48. The number of aliphatic hydroxyl groups excluding tert-OH is 1. The molecule has 3 aromatic rings. The zero-order valence-electron chi connectivity index (χ0n) is 21.2. The number of ether oxygens (including phenoxy) is 2. The molecule has 4 rings (SSSR count). The summed E-state index contributed by atoms with van der Waals surface area (Å²) in [6.45, 7) is 4.59. The van der Waals surface area contributed by atoms with Crippen molar-refractivity contribution in [3.8, 4) is 11.5 Å². The molecular weight excluding hydrogens is 492 g/mol. The number of rotatable bonds is 8. The summed E-state index contributed by atoms with van der Waals surface area (Å²) in [4.78, 5) is 30.2. The number of carbonyl (C=O) groups excluding carboxylic acids is 2. The molecule has 0 spiro atoms. The maximum atomic E-state index is 13.4. The zero-order chi connectivity index (χ0) is 26.7. The minimum atomic E-state index is -0.847. The Morgan fingerprint density at radius 3 is 2.19 bits per heavy atom. The van der Waals surface area contributed by atoms with Crippen LogP contribution in [0.1, 0.15) is 31.0 Å². The van der Waals surface area contributed by atoms with Gasteiger partial charge in [0.25, 0.3) is 11.7 Å². The standard InChI is InChI=1S/C29H29ClN2O5/c1-5-36-22-14-12-21(13-15-22)32-26(18-7-10-20(11-8-18)31(3)4)25(28(34)29(32)35)27(33)19-9-16-23(30)24(17-19)37-6-2/h7-17,26,33H,5-6H2,1-4H3/b27-25-. The van der Waals surface area contributed by atoms with E-state index >= 15 is 0 Å². The van der Waals surface area contributed by atoms with Gasteiger partial charge in [-0.15, -0.1) is 0 Å². The first kappa shape index (κ1) is 26.1. The van der Waals surface area contributed by atoms with Crippen molar-refractivity contribution in [2.24, 2.45) is 0 Å². The van der Waals surface area contributed by atoms with Crippen molar-refractivity contribution in [2.45, 2.75) is 19.9 Å². The van der Waals surface area contributed by atoms with Gasteiger partial charge in [-0.05, 0) is 74.0 Å². The van der Waals surface area contributed by atoms with E-state index in [1.807, 2.05) is 57.1 Å². The van der Waals surface area contributed by atoms with Crippen LogP contribution < -0.4 is 19.3 Å². The predicted molar refractivity (Wildman–Crippen MR) is 146 cm³/mol. The van der Waals surface area contributed by atoms with Crippen molar-refractivity contribution in [1.82, 2.24) is 0 Å². The highest BCUT2D eigenvalue weighted by Gasteiger charge is 2.47. The lowest BCUT2D eigenvalue weighted by Crippen LogP contribution is -2.29. The average Bonchev–Trinajstić information content (AvgIpc) is 3.16. The Labute approximate surface area is 221 Å². The van der Waals surface area contributed by atoms with Crippen LogP contribution in [0.5, 0.6) is 11.5 Å². The van der Waals surface area contributed by atoms with E-state index in [0.717, 1.165) is 5.69 Å². The molecule has 1 unspecified atom stereocenters. The van der Waals surface area contributed by atoms with Crippen LogP contribution in [0.4, 0.5) is 11.4 Å². The number of benzene rings is 3. The number of Topliss-reactive ketones (excluding diaryl/α,β-unsaturated/α-hetero) is 1. The van der Waals surface area contributed by atoms with Gasteiger partial charge in [0, 0.05) is 31.0 Å². The Hall–Kier alpha value is -3.97. The third-order valence-corrected chi connectivity index (χ3v) is 6.41. The van der Waals surface area contributed by atoms with Crippen LogP contribution in [0.3, 0.4) is 0 Å². The minimum Gasteiger partial charge on any atom is -0.507 e. The quantitative estimate of drug-likeness (QED) is 0.229. The van der Waals surface area contributed by atoms with Gasteiger partial charge in [0.2, 0.25) is 0 Å². The molecule has 192 valence electrons. The molecule has 7 nitrogen and oxygen atoms in total. The Morgan fingerprint density at radius 2 is 1.59 bits per heavy atom. The van der Waals surface area contributed by atoms with E-state index in [2.05, 4.69) is 0 Å². The Balaban J connectivity index is 1.89. The molecule has 0 saturated carbocycles. The minimum absolute atomic E-state index is 0.0127. The van der Waals surface area contributed by atoms with E-state index in [0.29, 0.717) is 46.5 Å². The second kappa shape index (κ2) is 11.0. The molecule has 0 aromatic heterocycles. The smallest absolute Gasteiger partial charge is 0.300 e. The first-order valence-corrected chi connectivity index (χ1v) is 12.4. The number of nitrogens with zero attached hydrogens (tertiary/aromatic N) is 2. The van der Waals surface area contributed by atoms with Crippen LogP contribution in [0, 0.1) is 0 Å². The Bertz CT molecular complexity index is 1330. The molecule has 1 atom stereocenters. The van der Waals surface area contributed by atoms with E-state index in [1.165, 1.54) is 4.90 Å². The maximum absolute atomic E-state index is 13.4. The van der Waals surface area contributed by atoms with Crippen molar-refractivity contribution in [3.05, 3.63) is 88.5 Å². The molecule has 1 aliphatic heterocycles. The van der Waals surface area contributed by atoms with E-state index in [4.69, 9.17) is 21.1 Å². The summed E-state index contributed by atoms with van der Waals surface area (Å²) in [7, 11) is 3.86. The Morgan fingerprint density at radius 1 is 0.946 bits per heavy atom. The first-order chi connectivity index (χ1) is 17.8. The highest BCUT2D eigenvalue weighted by Crippen LogP contribution is 2.43. The van der Waals surface area contributed by atoms with E-state index in [9.17, 15) is 14.7 Å². The number of halogens is 1. The Kier molecular flexibility index (Phi) is 7.74. The van der Waals surface area contributed by atoms with Crippen LogP contribution in [0.25, 0.3) is 5.76 Å². The lowest BCUT2D eigenvalue weighted by molar-refractivity contribution is -0.132. The summed E-state index contributed by atoms with van der Waals surface area (Å²) < 4.78 is 11.1. The molecule has 1 fully saturated rings. The fraction of sp³-hybridized carbons (Fsp3) is 0.241. The van der Waals surface area contributed by atoms with Crippen molar-refractivity contribution < 1.29 is 24.2 Å². The maximum Gasteiger partial charge on any atom is 0.300 e. The van der Waals surface area contributed by atoms with Gasteiger partial charge in [-0.1, -0.05) is 23.7 Å². The summed E-state index contributed by atoms with van der Waals surface area (Å²) >= 11 is 6.23. The van der Waals surface area contributed by atoms with Crippen molar-refractivity contribution in [1.29, 1.82) is 0 Å². The van der Waals surface area contributed by atoms with Gasteiger partial charge in [-0.3, -0.25) is 14.5 Å². The largest absolute Gasteiger partial charge is 0.507 e. The lowest BCUT2D eigenvalue weighted by Gasteiger charge is -2.26. The van der Waals surface area contributed by atoms with Gasteiger partial charge in [0.15, 0.2) is 0 Å². The SMILES string of the molecule is CCOc1ccc(N2C(=O)C(=O)/C(=C(\O)c3ccc(Cl)c(OCC)c3)C2c2ccc(N(C)C)cc2)cc1. The first-order valence-electron chi connectivity index (χ1n) is 12.0. The highest BCUT2D eigenvalue weighted by atomic mass is 35.5. The number of ketones is 1. The van der Waals surface area contributed by atoms with Gasteiger partial charge in [0.1, 0.15) is 17.3 Å². The number of anilines is 2. The van der Waals surface area contributed by atoms with Crippen LogP contribution in [0.15, 0.2) is 72.3 Å². The third kappa shape index (κ3) is 5.13. The molecule has 1 aliphatic rings. The van der Waals surface area contributed by atoms with Crippen LogP contribution >= 0.6 is 11.6 Å². The molecule has 8 heteroatoms. The number of amides is 1. The second-order valence-electron chi connectivity index (χ2n) is 8.66. The normalized spacial score (nSPS) is 16.7. The van der Waals surface area contributed by atoms with Gasteiger partial charge in [-0.25, -0.2) is 0 Å².